The van der Waals surface area contributed by atoms with Crippen LogP contribution in [0.2, 0.25) is 0 Å². The van der Waals surface area contributed by atoms with Crippen molar-refractivity contribution in [3.8, 4) is 0 Å². The lowest BCUT2D eigenvalue weighted by molar-refractivity contribution is -0.117. The molecule has 2 heterocycles. The largest absolute Gasteiger partial charge is 0.379 e. The molecule has 0 bridgehead atoms. The zero-order valence-corrected chi connectivity index (χ0v) is 18.2. The molecule has 31 heavy (non-hydrogen) atoms. The van der Waals surface area contributed by atoms with Crippen molar-refractivity contribution in [3.63, 3.8) is 0 Å². The van der Waals surface area contributed by atoms with E-state index in [-0.39, 0.29) is 18.4 Å². The maximum atomic E-state index is 13.2. The molecule has 0 spiro atoms. The Morgan fingerprint density at radius 3 is 2.58 bits per heavy atom. The molecule has 8 nitrogen and oxygen atoms in total. The Labute approximate surface area is 183 Å². The molecule has 1 aromatic carbocycles. The van der Waals surface area contributed by atoms with Crippen LogP contribution in [0.15, 0.2) is 41.1 Å². The first kappa shape index (κ1) is 23.0. The van der Waals surface area contributed by atoms with Gasteiger partial charge in [-0.1, -0.05) is 37.1 Å². The third-order valence-corrected chi connectivity index (χ3v) is 5.39. The summed E-state index contributed by atoms with van der Waals surface area (Å²) in [4.78, 5) is 29.5. The lowest BCUT2D eigenvalue weighted by Crippen LogP contribution is -2.45. The number of morpholine rings is 1. The molecule has 1 aliphatic rings. The molecule has 8 heteroatoms. The second-order valence-corrected chi connectivity index (χ2v) is 7.77. The monoisotopic (exact) mass is 428 g/mol. The number of ether oxygens (including phenoxy) is 1. The van der Waals surface area contributed by atoms with Crippen LogP contribution < -0.4 is 5.32 Å². The molecular formula is C23H32N4O4. The van der Waals surface area contributed by atoms with Crippen LogP contribution in [-0.2, 0) is 16.0 Å². The van der Waals surface area contributed by atoms with Crippen LogP contribution in [0.1, 0.15) is 42.1 Å². The van der Waals surface area contributed by atoms with E-state index in [1.807, 2.05) is 24.3 Å². The third kappa shape index (κ3) is 7.48. The summed E-state index contributed by atoms with van der Waals surface area (Å²) in [6.07, 6.45) is 5.95. The highest BCUT2D eigenvalue weighted by Gasteiger charge is 2.21. The highest BCUT2D eigenvalue weighted by molar-refractivity contribution is 5.99. The number of nitrogens with zero attached hydrogens (tertiary/aromatic N) is 3. The van der Waals surface area contributed by atoms with E-state index in [2.05, 4.69) is 22.3 Å². The van der Waals surface area contributed by atoms with Gasteiger partial charge in [0.2, 0.25) is 5.91 Å². The standard InChI is InChI=1S/C23H32N4O4/c1-2-3-4-5-19-6-8-20(9-7-19)23(29)27(12-11-26-13-16-30-17-14-26)18-22(28)24-21-10-15-31-25-21/h6-10,15H,2-5,11-14,16-18H2,1H3,(H,24,25,28). The number of rotatable bonds is 11. The molecule has 3 rings (SSSR count). The number of carbonyl (C=O) groups is 2. The summed E-state index contributed by atoms with van der Waals surface area (Å²) in [7, 11) is 0. The van der Waals surface area contributed by atoms with Crippen molar-refractivity contribution < 1.29 is 18.8 Å². The Balaban J connectivity index is 1.63. The first-order valence-electron chi connectivity index (χ1n) is 11.0. The van der Waals surface area contributed by atoms with Gasteiger partial charge in [-0.05, 0) is 30.5 Å². The first-order valence-corrected chi connectivity index (χ1v) is 11.0. The average molecular weight is 429 g/mol. The minimum atomic E-state index is -0.305. The molecule has 2 amide bonds. The molecule has 0 saturated carbocycles. The predicted octanol–water partition coefficient (Wildman–Crippen LogP) is 2.82. The number of benzene rings is 1. The molecule has 1 aliphatic heterocycles. The molecule has 0 aliphatic carbocycles. The number of aryl methyl sites for hydroxylation is 1. The number of hydrogen-bond donors (Lipinski definition) is 1. The zero-order valence-electron chi connectivity index (χ0n) is 18.2. The maximum absolute atomic E-state index is 13.2. The van der Waals surface area contributed by atoms with Gasteiger partial charge in [-0.15, -0.1) is 0 Å². The van der Waals surface area contributed by atoms with Gasteiger partial charge >= 0.3 is 0 Å². The minimum absolute atomic E-state index is 0.0473. The number of aromatic nitrogens is 1. The van der Waals surface area contributed by atoms with Crippen LogP contribution in [0, 0.1) is 0 Å². The number of nitrogens with one attached hydrogen (secondary N) is 1. The van der Waals surface area contributed by atoms with Crippen molar-refractivity contribution in [2.24, 2.45) is 0 Å². The van der Waals surface area contributed by atoms with Crippen molar-refractivity contribution in [2.45, 2.75) is 32.6 Å². The topological polar surface area (TPSA) is 87.9 Å². The molecule has 0 unspecified atom stereocenters. The molecule has 1 fully saturated rings. The van der Waals surface area contributed by atoms with Crippen LogP contribution >= 0.6 is 0 Å². The molecule has 1 N–H and O–H groups in total. The van der Waals surface area contributed by atoms with E-state index in [0.717, 1.165) is 25.9 Å². The summed E-state index contributed by atoms with van der Waals surface area (Å²) >= 11 is 0. The number of hydrogen-bond acceptors (Lipinski definition) is 6. The average Bonchev–Trinajstić information content (AvgIpc) is 3.30. The van der Waals surface area contributed by atoms with Crippen LogP contribution in [0.4, 0.5) is 5.82 Å². The summed E-state index contributed by atoms with van der Waals surface area (Å²) in [6, 6.07) is 9.31. The number of unbranched alkanes of at least 4 members (excludes halogenated alkanes) is 2. The van der Waals surface area contributed by atoms with E-state index in [0.29, 0.717) is 37.7 Å². The Morgan fingerprint density at radius 2 is 1.90 bits per heavy atom. The third-order valence-electron chi connectivity index (χ3n) is 5.39. The van der Waals surface area contributed by atoms with Crippen LogP contribution in [0.5, 0.6) is 0 Å². The molecule has 168 valence electrons. The fraction of sp³-hybridized carbons (Fsp3) is 0.522. The van der Waals surface area contributed by atoms with Crippen molar-refractivity contribution in [2.75, 3.05) is 51.3 Å². The SMILES string of the molecule is CCCCCc1ccc(C(=O)N(CCN2CCOCC2)CC(=O)Nc2ccon2)cc1. The Kier molecular flexibility index (Phi) is 9.05. The summed E-state index contributed by atoms with van der Waals surface area (Å²) in [5.74, 6) is -0.119. The van der Waals surface area contributed by atoms with E-state index >= 15 is 0 Å². The highest BCUT2D eigenvalue weighted by Crippen LogP contribution is 2.12. The van der Waals surface area contributed by atoms with Crippen molar-refractivity contribution in [1.82, 2.24) is 15.0 Å². The zero-order chi connectivity index (χ0) is 21.9. The Bertz CT molecular complexity index is 801. The highest BCUT2D eigenvalue weighted by atomic mass is 16.5. The molecule has 0 radical (unpaired) electrons. The fourth-order valence-electron chi connectivity index (χ4n) is 3.55. The van der Waals surface area contributed by atoms with Gasteiger partial charge in [0, 0.05) is 37.8 Å². The summed E-state index contributed by atoms with van der Waals surface area (Å²) in [5.41, 5.74) is 1.82. The lowest BCUT2D eigenvalue weighted by atomic mass is 10.0. The van der Waals surface area contributed by atoms with Crippen molar-refractivity contribution in [1.29, 1.82) is 0 Å². The lowest BCUT2D eigenvalue weighted by Gasteiger charge is -2.30. The van der Waals surface area contributed by atoms with Gasteiger partial charge in [-0.2, -0.15) is 0 Å². The number of carbonyl (C=O) groups excluding carboxylic acids is 2. The Hall–Kier alpha value is -2.71. The molecular weight excluding hydrogens is 396 g/mol. The molecule has 1 aromatic heterocycles. The second-order valence-electron chi connectivity index (χ2n) is 7.77. The van der Waals surface area contributed by atoms with E-state index in [9.17, 15) is 9.59 Å². The van der Waals surface area contributed by atoms with Crippen molar-refractivity contribution >= 4 is 17.6 Å². The van der Waals surface area contributed by atoms with Gasteiger partial charge in [-0.3, -0.25) is 14.5 Å². The summed E-state index contributed by atoms with van der Waals surface area (Å²) in [5, 5.41) is 6.36. The van der Waals surface area contributed by atoms with E-state index in [1.165, 1.54) is 24.7 Å². The van der Waals surface area contributed by atoms with Gasteiger partial charge < -0.3 is 19.5 Å². The fourth-order valence-corrected chi connectivity index (χ4v) is 3.55. The van der Waals surface area contributed by atoms with Crippen LogP contribution in [-0.4, -0.2) is 72.7 Å². The van der Waals surface area contributed by atoms with E-state index < -0.39 is 0 Å². The predicted molar refractivity (Wildman–Crippen MR) is 118 cm³/mol. The number of anilines is 1. The van der Waals surface area contributed by atoms with Gasteiger partial charge in [0.1, 0.15) is 12.8 Å². The molecule has 2 aromatic rings. The smallest absolute Gasteiger partial charge is 0.254 e. The van der Waals surface area contributed by atoms with E-state index in [4.69, 9.17) is 9.26 Å². The second kappa shape index (κ2) is 12.2. The van der Waals surface area contributed by atoms with Crippen molar-refractivity contribution in [3.05, 3.63) is 47.7 Å². The van der Waals surface area contributed by atoms with Gasteiger partial charge in [0.15, 0.2) is 5.82 Å². The molecule has 0 atom stereocenters. The maximum Gasteiger partial charge on any atom is 0.254 e. The Morgan fingerprint density at radius 1 is 1.13 bits per heavy atom. The summed E-state index contributed by atoms with van der Waals surface area (Å²) < 4.78 is 10.1. The minimum Gasteiger partial charge on any atom is -0.379 e. The summed E-state index contributed by atoms with van der Waals surface area (Å²) in [6.45, 7) is 6.35. The van der Waals surface area contributed by atoms with Crippen LogP contribution in [0.25, 0.3) is 0 Å². The van der Waals surface area contributed by atoms with Gasteiger partial charge in [-0.25, -0.2) is 0 Å². The quantitative estimate of drug-likeness (QED) is 0.554. The number of amides is 2. The van der Waals surface area contributed by atoms with Gasteiger partial charge in [0.05, 0.1) is 13.2 Å². The van der Waals surface area contributed by atoms with Crippen LogP contribution in [0.3, 0.4) is 0 Å². The van der Waals surface area contributed by atoms with E-state index in [1.54, 1.807) is 11.0 Å². The normalized spacial score (nSPS) is 14.4. The van der Waals surface area contributed by atoms with Gasteiger partial charge in [0.25, 0.3) is 5.91 Å². The first-order chi connectivity index (χ1) is 15.2. The molecule has 1 saturated heterocycles.